The molecular weight excluding hydrogens is 331 g/mol. The Hall–Kier alpha value is -1.50. The SMILES string of the molecule is CCCNc1nc(N)c(C(=O)Nc2cc(Cl)ccc2Cl)s1. The lowest BCUT2D eigenvalue weighted by Crippen LogP contribution is -2.12. The molecule has 5 nitrogen and oxygen atoms in total. The third kappa shape index (κ3) is 4.00. The molecule has 0 unspecified atom stereocenters. The molecule has 112 valence electrons. The molecular formula is C13H14Cl2N4OS. The van der Waals surface area contributed by atoms with Crippen LogP contribution in [-0.4, -0.2) is 17.4 Å². The fourth-order valence-electron chi connectivity index (χ4n) is 1.57. The normalized spacial score (nSPS) is 10.4. The van der Waals surface area contributed by atoms with Gasteiger partial charge in [-0.05, 0) is 24.6 Å². The van der Waals surface area contributed by atoms with Gasteiger partial charge in [-0.1, -0.05) is 41.5 Å². The number of amides is 1. The van der Waals surface area contributed by atoms with Crippen LogP contribution >= 0.6 is 34.5 Å². The van der Waals surface area contributed by atoms with E-state index in [1.165, 1.54) is 11.3 Å². The second-order valence-corrected chi connectivity index (χ2v) is 6.08. The van der Waals surface area contributed by atoms with Gasteiger partial charge in [-0.25, -0.2) is 4.98 Å². The van der Waals surface area contributed by atoms with Crippen molar-refractivity contribution >= 4 is 57.1 Å². The highest BCUT2D eigenvalue weighted by Crippen LogP contribution is 2.29. The van der Waals surface area contributed by atoms with Gasteiger partial charge in [0.25, 0.3) is 5.91 Å². The summed E-state index contributed by atoms with van der Waals surface area (Å²) >= 11 is 13.1. The molecule has 0 spiro atoms. The zero-order chi connectivity index (χ0) is 15.4. The van der Waals surface area contributed by atoms with E-state index in [2.05, 4.69) is 15.6 Å². The lowest BCUT2D eigenvalue weighted by Gasteiger charge is -2.06. The predicted octanol–water partition coefficient (Wildman–Crippen LogP) is 4.11. The second-order valence-electron chi connectivity index (χ2n) is 4.24. The molecule has 0 bridgehead atoms. The van der Waals surface area contributed by atoms with Crippen molar-refractivity contribution in [1.29, 1.82) is 0 Å². The van der Waals surface area contributed by atoms with E-state index in [4.69, 9.17) is 28.9 Å². The molecule has 1 aromatic heterocycles. The molecule has 0 aliphatic heterocycles. The van der Waals surface area contributed by atoms with E-state index in [1.807, 2.05) is 6.92 Å². The number of rotatable bonds is 5. The number of nitrogens with two attached hydrogens (primary N) is 1. The highest BCUT2D eigenvalue weighted by Gasteiger charge is 2.17. The molecule has 0 aliphatic carbocycles. The van der Waals surface area contributed by atoms with Crippen molar-refractivity contribution < 1.29 is 4.79 Å². The van der Waals surface area contributed by atoms with E-state index in [-0.39, 0.29) is 11.7 Å². The van der Waals surface area contributed by atoms with Gasteiger partial charge >= 0.3 is 0 Å². The molecule has 21 heavy (non-hydrogen) atoms. The lowest BCUT2D eigenvalue weighted by atomic mass is 10.3. The van der Waals surface area contributed by atoms with E-state index in [1.54, 1.807) is 18.2 Å². The number of carbonyl (C=O) groups excluding carboxylic acids is 1. The largest absolute Gasteiger partial charge is 0.382 e. The van der Waals surface area contributed by atoms with Crippen molar-refractivity contribution in [3.8, 4) is 0 Å². The van der Waals surface area contributed by atoms with E-state index in [9.17, 15) is 4.79 Å². The minimum atomic E-state index is -0.362. The van der Waals surface area contributed by atoms with Gasteiger partial charge in [0.05, 0.1) is 10.7 Å². The minimum absolute atomic E-state index is 0.189. The lowest BCUT2D eigenvalue weighted by molar-refractivity contribution is 0.103. The number of hydrogen-bond acceptors (Lipinski definition) is 5. The predicted molar refractivity (Wildman–Crippen MR) is 89.7 cm³/mol. The summed E-state index contributed by atoms with van der Waals surface area (Å²) < 4.78 is 0. The summed E-state index contributed by atoms with van der Waals surface area (Å²) in [6, 6.07) is 4.84. The van der Waals surface area contributed by atoms with Crippen LogP contribution in [0.2, 0.25) is 10.0 Å². The number of hydrogen-bond donors (Lipinski definition) is 3. The Labute approximate surface area is 136 Å². The summed E-state index contributed by atoms with van der Waals surface area (Å²) in [5.74, 6) is -0.173. The monoisotopic (exact) mass is 344 g/mol. The maximum absolute atomic E-state index is 12.2. The van der Waals surface area contributed by atoms with Crippen molar-refractivity contribution in [2.45, 2.75) is 13.3 Å². The quantitative estimate of drug-likeness (QED) is 0.762. The number of nitrogen functional groups attached to an aromatic ring is 1. The molecule has 0 saturated heterocycles. The molecule has 0 fully saturated rings. The number of aromatic nitrogens is 1. The summed E-state index contributed by atoms with van der Waals surface area (Å²) in [5, 5.41) is 7.29. The van der Waals surface area contributed by atoms with Crippen molar-refractivity contribution in [1.82, 2.24) is 4.98 Å². The van der Waals surface area contributed by atoms with Crippen LogP contribution in [0.1, 0.15) is 23.0 Å². The number of carbonyl (C=O) groups is 1. The fraction of sp³-hybridized carbons (Fsp3) is 0.231. The molecule has 1 aromatic carbocycles. The molecule has 0 radical (unpaired) electrons. The number of anilines is 3. The smallest absolute Gasteiger partial charge is 0.269 e. The summed E-state index contributed by atoms with van der Waals surface area (Å²) in [6.07, 6.45) is 0.957. The summed E-state index contributed by atoms with van der Waals surface area (Å²) in [4.78, 5) is 16.7. The number of nitrogens with zero attached hydrogens (tertiary/aromatic N) is 1. The highest BCUT2D eigenvalue weighted by molar-refractivity contribution is 7.18. The second kappa shape index (κ2) is 6.98. The first-order chi connectivity index (χ1) is 10.0. The van der Waals surface area contributed by atoms with E-state index < -0.39 is 0 Å². The van der Waals surface area contributed by atoms with Crippen molar-refractivity contribution in [3.63, 3.8) is 0 Å². The van der Waals surface area contributed by atoms with Gasteiger partial charge in [-0.2, -0.15) is 0 Å². The van der Waals surface area contributed by atoms with Crippen LogP contribution in [0.15, 0.2) is 18.2 Å². The Balaban J connectivity index is 2.16. The van der Waals surface area contributed by atoms with Gasteiger partial charge in [-0.3, -0.25) is 4.79 Å². The van der Waals surface area contributed by atoms with Gasteiger partial charge in [0.2, 0.25) is 0 Å². The number of nitrogens with one attached hydrogen (secondary N) is 2. The Morgan fingerprint density at radius 3 is 2.90 bits per heavy atom. The molecule has 8 heteroatoms. The highest BCUT2D eigenvalue weighted by atomic mass is 35.5. The van der Waals surface area contributed by atoms with Crippen molar-refractivity contribution in [3.05, 3.63) is 33.1 Å². The van der Waals surface area contributed by atoms with Gasteiger partial charge in [0, 0.05) is 11.6 Å². The summed E-state index contributed by atoms with van der Waals surface area (Å²) in [7, 11) is 0. The Bertz CT molecular complexity index is 660. The molecule has 2 rings (SSSR count). The van der Waals surface area contributed by atoms with Crippen LogP contribution < -0.4 is 16.4 Å². The Kier molecular flexibility index (Phi) is 5.27. The van der Waals surface area contributed by atoms with Gasteiger partial charge in [0.15, 0.2) is 5.13 Å². The average molecular weight is 345 g/mol. The molecule has 0 atom stereocenters. The fourth-order valence-corrected chi connectivity index (χ4v) is 2.72. The standard InChI is InChI=1S/C13H14Cl2N4OS/c1-2-5-17-13-19-11(16)10(21-13)12(20)18-9-6-7(14)3-4-8(9)15/h3-4,6H,2,5,16H2,1H3,(H,17,19)(H,18,20). The van der Waals surface area contributed by atoms with Crippen LogP contribution in [0.3, 0.4) is 0 Å². The summed E-state index contributed by atoms with van der Waals surface area (Å²) in [5.41, 5.74) is 6.21. The van der Waals surface area contributed by atoms with Gasteiger partial charge in [-0.15, -0.1) is 0 Å². The number of thiazole rings is 1. The molecule has 2 aromatic rings. The molecule has 1 amide bonds. The van der Waals surface area contributed by atoms with E-state index in [0.29, 0.717) is 25.7 Å². The molecule has 4 N–H and O–H groups in total. The zero-order valence-corrected chi connectivity index (χ0v) is 13.6. The van der Waals surface area contributed by atoms with Crippen LogP contribution in [0.5, 0.6) is 0 Å². The topological polar surface area (TPSA) is 80.0 Å². The van der Waals surface area contributed by atoms with Crippen LogP contribution in [0.25, 0.3) is 0 Å². The number of benzene rings is 1. The van der Waals surface area contributed by atoms with Crippen LogP contribution in [0, 0.1) is 0 Å². The zero-order valence-electron chi connectivity index (χ0n) is 11.2. The van der Waals surface area contributed by atoms with Gasteiger partial charge in [0.1, 0.15) is 10.7 Å². The van der Waals surface area contributed by atoms with Crippen LogP contribution in [0.4, 0.5) is 16.6 Å². The first kappa shape index (κ1) is 15.9. The maximum Gasteiger partial charge on any atom is 0.269 e. The third-order valence-corrected chi connectivity index (χ3v) is 4.15. The summed E-state index contributed by atoms with van der Waals surface area (Å²) in [6.45, 7) is 2.81. The van der Waals surface area contributed by atoms with Crippen molar-refractivity contribution in [2.75, 3.05) is 22.9 Å². The third-order valence-electron chi connectivity index (χ3n) is 2.56. The average Bonchev–Trinajstić information content (AvgIpc) is 2.82. The Morgan fingerprint density at radius 2 is 2.19 bits per heavy atom. The first-order valence-electron chi connectivity index (χ1n) is 6.27. The molecule has 0 aliphatic rings. The molecule has 1 heterocycles. The van der Waals surface area contributed by atoms with E-state index >= 15 is 0 Å². The van der Waals surface area contributed by atoms with Gasteiger partial charge < -0.3 is 16.4 Å². The number of halogens is 2. The first-order valence-corrected chi connectivity index (χ1v) is 7.85. The Morgan fingerprint density at radius 1 is 1.43 bits per heavy atom. The van der Waals surface area contributed by atoms with Crippen molar-refractivity contribution in [2.24, 2.45) is 0 Å². The molecule has 0 saturated carbocycles. The van der Waals surface area contributed by atoms with Crippen LogP contribution in [-0.2, 0) is 0 Å². The van der Waals surface area contributed by atoms with E-state index in [0.717, 1.165) is 13.0 Å². The minimum Gasteiger partial charge on any atom is -0.382 e. The maximum atomic E-state index is 12.2.